The Labute approximate surface area is 115 Å². The van der Waals surface area contributed by atoms with E-state index in [0.29, 0.717) is 15.0 Å². The summed E-state index contributed by atoms with van der Waals surface area (Å²) in [6, 6.07) is 3.98. The van der Waals surface area contributed by atoms with Gasteiger partial charge in [0.25, 0.3) is 0 Å². The largest absolute Gasteiger partial charge is 0.383 e. The molecule has 2 unspecified atom stereocenters. The van der Waals surface area contributed by atoms with Crippen LogP contribution in [0, 0.1) is 14.8 Å². The average molecular weight is 346 g/mol. The van der Waals surface area contributed by atoms with Crippen molar-refractivity contribution in [2.24, 2.45) is 5.41 Å². The Hall–Kier alpha value is -0.520. The van der Waals surface area contributed by atoms with E-state index < -0.39 is 0 Å². The third-order valence-electron chi connectivity index (χ3n) is 4.15. The number of anilines is 2. The topological polar surface area (TPSA) is 24.1 Å². The van der Waals surface area contributed by atoms with Gasteiger partial charge in [-0.15, -0.1) is 0 Å². The van der Waals surface area contributed by atoms with Gasteiger partial charge in [-0.05, 0) is 41.5 Å². The lowest BCUT2D eigenvalue weighted by Crippen LogP contribution is -2.36. The molecule has 92 valence electrons. The van der Waals surface area contributed by atoms with Crippen LogP contribution in [-0.2, 0) is 0 Å². The fourth-order valence-corrected chi connectivity index (χ4v) is 3.46. The summed E-state index contributed by atoms with van der Waals surface area (Å²) in [5, 5.41) is 7.00. The van der Waals surface area contributed by atoms with Crippen molar-refractivity contribution < 1.29 is 4.39 Å². The number of hydrogen-bond donors (Lipinski definition) is 2. The van der Waals surface area contributed by atoms with Gasteiger partial charge in [0.05, 0.1) is 14.9 Å². The van der Waals surface area contributed by atoms with Crippen LogP contribution < -0.4 is 10.6 Å². The molecule has 1 aliphatic heterocycles. The van der Waals surface area contributed by atoms with Crippen molar-refractivity contribution >= 4 is 34.0 Å². The van der Waals surface area contributed by atoms with Crippen molar-refractivity contribution in [2.75, 3.05) is 17.2 Å². The summed E-state index contributed by atoms with van der Waals surface area (Å²) in [7, 11) is 0. The number of fused-ring (bicyclic) bond motifs is 2. The molecule has 0 aromatic heterocycles. The molecular weight excluding hydrogens is 330 g/mol. The molecule has 0 radical (unpaired) electrons. The Bertz CT molecular complexity index is 463. The van der Waals surface area contributed by atoms with Gasteiger partial charge in [0.2, 0.25) is 0 Å². The fraction of sp³-hybridized carbons (Fsp3) is 0.538. The minimum absolute atomic E-state index is 0.139. The molecule has 2 nitrogen and oxygen atoms in total. The van der Waals surface area contributed by atoms with Crippen LogP contribution in [0.3, 0.4) is 0 Å². The molecular formula is C13H16FIN2. The molecule has 0 bridgehead atoms. The highest BCUT2D eigenvalue weighted by Gasteiger charge is 2.40. The first-order valence-electron chi connectivity index (χ1n) is 6.08. The maximum atomic E-state index is 13.6. The van der Waals surface area contributed by atoms with Gasteiger partial charge < -0.3 is 10.6 Å². The van der Waals surface area contributed by atoms with Crippen molar-refractivity contribution in [2.45, 2.75) is 32.2 Å². The number of halogens is 2. The van der Waals surface area contributed by atoms with E-state index in [1.165, 1.54) is 19.3 Å². The van der Waals surface area contributed by atoms with E-state index in [4.69, 9.17) is 0 Å². The van der Waals surface area contributed by atoms with E-state index in [-0.39, 0.29) is 5.82 Å². The van der Waals surface area contributed by atoms with Crippen LogP contribution in [0.4, 0.5) is 15.8 Å². The summed E-state index contributed by atoms with van der Waals surface area (Å²) in [6.07, 6.45) is 3.69. The molecule has 1 heterocycles. The zero-order valence-corrected chi connectivity index (χ0v) is 12.0. The molecule has 2 aliphatic rings. The van der Waals surface area contributed by atoms with Crippen molar-refractivity contribution in [3.8, 4) is 0 Å². The molecule has 3 rings (SSSR count). The van der Waals surface area contributed by atoms with Gasteiger partial charge >= 0.3 is 0 Å². The molecule has 2 N–H and O–H groups in total. The fourth-order valence-electron chi connectivity index (χ4n) is 2.99. The molecule has 17 heavy (non-hydrogen) atoms. The van der Waals surface area contributed by atoms with Crippen molar-refractivity contribution in [1.29, 1.82) is 0 Å². The number of nitrogens with one attached hydrogen (secondary N) is 2. The predicted octanol–water partition coefficient (Wildman–Crippen LogP) is 3.83. The van der Waals surface area contributed by atoms with Crippen LogP contribution in [0.2, 0.25) is 0 Å². The first-order valence-corrected chi connectivity index (χ1v) is 7.16. The standard InChI is InChI=1S/C13H16FIN2/c1-13-4-2-3-12(13)17-11-5-8(14)9(15)6-10(11)16-7-13/h5-6,12,16-17H,2-4,7H2,1H3. The molecule has 0 amide bonds. The Balaban J connectivity index is 2.00. The van der Waals surface area contributed by atoms with Crippen molar-refractivity contribution in [3.05, 3.63) is 21.5 Å². The van der Waals surface area contributed by atoms with Gasteiger partial charge in [-0.25, -0.2) is 4.39 Å². The third kappa shape index (κ3) is 1.90. The van der Waals surface area contributed by atoms with Crippen molar-refractivity contribution in [1.82, 2.24) is 0 Å². The number of benzene rings is 1. The molecule has 2 atom stereocenters. The van der Waals surface area contributed by atoms with Gasteiger partial charge in [0.15, 0.2) is 0 Å². The van der Waals surface area contributed by atoms with Gasteiger partial charge in [-0.2, -0.15) is 0 Å². The Kier molecular flexibility index (Phi) is 2.72. The minimum atomic E-state index is -0.139. The van der Waals surface area contributed by atoms with Gasteiger partial charge in [0.1, 0.15) is 5.82 Å². The summed E-state index contributed by atoms with van der Waals surface area (Å²) in [4.78, 5) is 0. The number of hydrogen-bond acceptors (Lipinski definition) is 2. The molecule has 1 fully saturated rings. The molecule has 4 heteroatoms. The highest BCUT2D eigenvalue weighted by atomic mass is 127. The Morgan fingerprint density at radius 2 is 2.24 bits per heavy atom. The number of rotatable bonds is 0. The second-order valence-corrected chi connectivity index (χ2v) is 6.57. The van der Waals surface area contributed by atoms with E-state index in [0.717, 1.165) is 17.9 Å². The van der Waals surface area contributed by atoms with E-state index >= 15 is 0 Å². The maximum absolute atomic E-state index is 13.6. The monoisotopic (exact) mass is 346 g/mol. The van der Waals surface area contributed by atoms with Crippen LogP contribution in [-0.4, -0.2) is 12.6 Å². The summed E-state index contributed by atoms with van der Waals surface area (Å²) < 4.78 is 14.3. The first kappa shape index (κ1) is 11.6. The highest BCUT2D eigenvalue weighted by Crippen LogP contribution is 2.43. The third-order valence-corrected chi connectivity index (χ3v) is 4.98. The predicted molar refractivity (Wildman–Crippen MR) is 77.0 cm³/mol. The van der Waals surface area contributed by atoms with Gasteiger partial charge in [-0.1, -0.05) is 13.3 Å². The van der Waals surface area contributed by atoms with Gasteiger partial charge in [-0.3, -0.25) is 0 Å². The Morgan fingerprint density at radius 3 is 3.06 bits per heavy atom. The maximum Gasteiger partial charge on any atom is 0.138 e. The van der Waals surface area contributed by atoms with E-state index in [9.17, 15) is 4.39 Å². The molecule has 1 aromatic carbocycles. The lowest BCUT2D eigenvalue weighted by molar-refractivity contribution is 0.335. The average Bonchev–Trinajstić information content (AvgIpc) is 2.58. The van der Waals surface area contributed by atoms with Crippen LogP contribution in [0.15, 0.2) is 12.1 Å². The van der Waals surface area contributed by atoms with Crippen LogP contribution in [0.1, 0.15) is 26.2 Å². The van der Waals surface area contributed by atoms with E-state index in [2.05, 4.69) is 17.6 Å². The molecule has 1 aromatic rings. The lowest BCUT2D eigenvalue weighted by atomic mass is 9.85. The van der Waals surface area contributed by atoms with Crippen LogP contribution in [0.25, 0.3) is 0 Å². The summed E-state index contributed by atoms with van der Waals surface area (Å²) in [5.74, 6) is -0.139. The Morgan fingerprint density at radius 1 is 1.41 bits per heavy atom. The summed E-state index contributed by atoms with van der Waals surface area (Å²) >= 11 is 2.04. The van der Waals surface area contributed by atoms with Crippen LogP contribution in [0.5, 0.6) is 0 Å². The minimum Gasteiger partial charge on any atom is -0.383 e. The smallest absolute Gasteiger partial charge is 0.138 e. The van der Waals surface area contributed by atoms with Crippen LogP contribution >= 0.6 is 22.6 Å². The molecule has 0 spiro atoms. The SMILES string of the molecule is CC12CCCC1Nc1cc(F)c(I)cc1NC2. The zero-order valence-electron chi connectivity index (χ0n) is 9.82. The summed E-state index contributed by atoms with van der Waals surface area (Å²) in [5.41, 5.74) is 2.24. The van der Waals surface area contributed by atoms with Gasteiger partial charge in [0, 0.05) is 24.1 Å². The molecule has 1 aliphatic carbocycles. The summed E-state index contributed by atoms with van der Waals surface area (Å²) in [6.45, 7) is 3.29. The quantitative estimate of drug-likeness (QED) is 0.698. The first-order chi connectivity index (χ1) is 8.08. The molecule has 0 saturated heterocycles. The zero-order chi connectivity index (χ0) is 12.0. The highest BCUT2D eigenvalue weighted by molar-refractivity contribution is 14.1. The second kappa shape index (κ2) is 4.00. The van der Waals surface area contributed by atoms with E-state index in [1.54, 1.807) is 6.07 Å². The van der Waals surface area contributed by atoms with Crippen molar-refractivity contribution in [3.63, 3.8) is 0 Å². The second-order valence-electron chi connectivity index (χ2n) is 5.41. The normalized spacial score (nSPS) is 30.9. The van der Waals surface area contributed by atoms with E-state index in [1.807, 2.05) is 28.7 Å². The molecule has 1 saturated carbocycles. The lowest BCUT2D eigenvalue weighted by Gasteiger charge is -2.29.